The molecule has 4 aliphatic rings. The van der Waals surface area contributed by atoms with Gasteiger partial charge < -0.3 is 74.1 Å². The van der Waals surface area contributed by atoms with Crippen molar-refractivity contribution in [2.24, 2.45) is 62.9 Å². The maximum atomic E-state index is 14.5. The quantitative estimate of drug-likeness (QED) is 0.00940. The van der Waals surface area contributed by atoms with E-state index in [4.69, 9.17) is 16.2 Å². The molecule has 0 spiro atoms. The number of hydrogen-bond acceptors (Lipinski definition) is 14. The lowest BCUT2D eigenvalue weighted by Crippen LogP contribution is -2.60. The number of allylic oxidation sites excluding steroid dienone is 1. The van der Waals surface area contributed by atoms with Crippen LogP contribution >= 0.6 is 0 Å². The smallest absolute Gasteiger partial charge is 0.407 e. The van der Waals surface area contributed by atoms with Crippen molar-refractivity contribution in [2.75, 3.05) is 26.2 Å². The number of nitrogens with zero attached hydrogens (tertiary/aromatic N) is 2. The van der Waals surface area contributed by atoms with Gasteiger partial charge in [-0.3, -0.25) is 38.4 Å². The Hall–Kier alpha value is -8.61. The average Bonchev–Trinajstić information content (AvgIpc) is 1.68. The molecule has 2 aromatic carbocycles. The van der Waals surface area contributed by atoms with Crippen LogP contribution in [0.4, 0.5) is 4.79 Å². The number of benzene rings is 2. The van der Waals surface area contributed by atoms with E-state index in [1.165, 1.54) is 70.0 Å². The molecular weight excluding hydrogens is 1280 g/mol. The van der Waals surface area contributed by atoms with Gasteiger partial charge in [0.2, 0.25) is 41.4 Å². The second kappa shape index (κ2) is 37.9. The second-order valence-electron chi connectivity index (χ2n) is 29.7. The summed E-state index contributed by atoms with van der Waals surface area (Å²) in [4.78, 5) is 133. The number of nitrogens with one attached hydrogen (secondary N) is 11. The normalized spacial score (nSPS) is 22.8. The predicted molar refractivity (Wildman–Crippen MR) is 389 cm³/mol. The van der Waals surface area contributed by atoms with Gasteiger partial charge in [0.25, 0.3) is 5.91 Å². The molecule has 14 atom stereocenters. The molecule has 25 nitrogen and oxygen atoms in total. The number of carbonyl (C=O) groups is 9. The van der Waals surface area contributed by atoms with E-state index in [0.717, 1.165) is 78.0 Å². The van der Waals surface area contributed by atoms with Crippen LogP contribution in [0.5, 0.6) is 0 Å². The lowest BCUT2D eigenvalue weighted by Gasteiger charge is -2.58. The molecule has 4 aromatic rings. The number of aromatic nitrogens is 3. The Labute approximate surface area is 595 Å². The minimum Gasteiger partial charge on any atom is -0.446 e. The summed E-state index contributed by atoms with van der Waals surface area (Å²) in [6.07, 6.45) is 23.6. The van der Waals surface area contributed by atoms with E-state index in [1.807, 2.05) is 31.2 Å². The molecule has 0 unspecified atom stereocenters. The molecule has 8 rings (SSSR count). The SMILES string of the molecule is CCCC[C@H](NC(=O)CN/N=C/C(=O)NCCCNC(=O)O[C@H]1CC[C@@]2(C)C(=CC[C@H]3[C@@H]4CC[C@H]([C@H](C)CCCC(C)C)[C@@]4(C)CC[C@@H]32)C1)C(=O)N[C@@H](C)C(=O)N[C@@H](Cc1cnc[nH]1)C(=O)N[C@H](Cc1ccccc1)C(=O)N[C@@H](CCCCN)C(=O)N[C@@H](Cc1c[nH]c2ccccc12)C(N)=O. The number of unbranched alkanes of at least 4 members (excludes halogenated alkanes) is 2. The zero-order valence-corrected chi connectivity index (χ0v) is 60.4. The number of nitrogens with two attached hydrogens (primary N) is 2. The molecule has 0 aliphatic heterocycles. The van der Waals surface area contributed by atoms with E-state index < -0.39 is 96.1 Å². The highest BCUT2D eigenvalue weighted by molar-refractivity contribution is 6.26. The highest BCUT2D eigenvalue weighted by Crippen LogP contribution is 2.67. The Kier molecular flexibility index (Phi) is 29.3. The van der Waals surface area contributed by atoms with E-state index in [-0.39, 0.29) is 50.2 Å². The molecule has 15 N–H and O–H groups in total. The monoisotopic (exact) mass is 1400 g/mol. The van der Waals surface area contributed by atoms with E-state index in [1.54, 1.807) is 36.5 Å². The van der Waals surface area contributed by atoms with Gasteiger partial charge in [-0.2, -0.15) is 5.10 Å². The lowest BCUT2D eigenvalue weighted by molar-refractivity contribution is -0.135. The van der Waals surface area contributed by atoms with Gasteiger partial charge in [0.05, 0.1) is 6.33 Å². The second-order valence-corrected chi connectivity index (χ2v) is 29.7. The number of ether oxygens (including phenoxy) is 1. The van der Waals surface area contributed by atoms with Crippen LogP contribution in [0, 0.1) is 46.3 Å². The number of para-hydroxylation sites is 1. The summed E-state index contributed by atoms with van der Waals surface area (Å²) >= 11 is 0. The van der Waals surface area contributed by atoms with Gasteiger partial charge >= 0.3 is 6.09 Å². The van der Waals surface area contributed by atoms with Gasteiger partial charge in [0, 0.05) is 67.8 Å². The van der Waals surface area contributed by atoms with Gasteiger partial charge in [-0.15, -0.1) is 0 Å². The number of alkyl carbamates (subject to hydrolysis) is 1. The van der Waals surface area contributed by atoms with E-state index in [2.05, 4.69) is 109 Å². The molecule has 552 valence electrons. The standard InChI is InChI=1S/C76H113N15O10/c1-8-9-24-61(87-67(93)45-85-84-44-66(92)80-36-18-37-81-74(100)101-54-31-33-75(6)52(40-54)27-28-56-58-30-29-57(48(4)20-17-19-47(2)3)76(58,7)34-32-59(56)75)70(96)86-49(5)69(95)90-65(41-53-43-79-46-83-53)73(99)91-64(38-50-21-11-10-12-22-50)72(98)88-62(26-15-16-35-77)71(97)89-63(68(78)94)39-51-42-82-60-25-14-13-23-55(51)60/h10-14,21-23,25,27,42-44,46-49,54,56-59,61-65,82,85H,8-9,15-20,24,26,28-41,45,77H2,1-7H3,(H2,78,94)(H,79,83)(H,80,92)(H,81,100)(H,86,96)(H,87,93)(H,88,98)(H,89,97)(H,90,95)(H,91,99)/b84-44+/t48-,49+,54+,56+,57-,58+,59+,61+,62+,63+,64-,65+,75+,76-/m1/s1. The number of hydrogen-bond donors (Lipinski definition) is 13. The van der Waals surface area contributed by atoms with Crippen molar-refractivity contribution < 1.29 is 47.9 Å². The Balaban J connectivity index is 0.768. The fourth-order valence-corrected chi connectivity index (χ4v) is 16.5. The number of aromatic amines is 2. The van der Waals surface area contributed by atoms with Crippen LogP contribution in [0.1, 0.15) is 181 Å². The molecule has 25 heteroatoms. The van der Waals surface area contributed by atoms with Crippen molar-refractivity contribution in [2.45, 2.75) is 226 Å². The number of rotatable bonds is 39. The first-order valence-electron chi connectivity index (χ1n) is 37.0. The highest BCUT2D eigenvalue weighted by Gasteiger charge is 2.59. The number of primary amides is 1. The van der Waals surface area contributed by atoms with Crippen LogP contribution < -0.4 is 59.4 Å². The number of fused-ring (bicyclic) bond motifs is 6. The zero-order chi connectivity index (χ0) is 72.6. The van der Waals surface area contributed by atoms with Gasteiger partial charge in [0.15, 0.2) is 0 Å². The van der Waals surface area contributed by atoms with Crippen LogP contribution in [-0.4, -0.2) is 143 Å². The summed E-state index contributed by atoms with van der Waals surface area (Å²) in [6, 6.07) is 9.10. The van der Waals surface area contributed by atoms with E-state index >= 15 is 0 Å². The molecule has 4 aliphatic carbocycles. The Morgan fingerprint density at radius 1 is 0.683 bits per heavy atom. The summed E-state index contributed by atoms with van der Waals surface area (Å²) in [7, 11) is 0. The Morgan fingerprint density at radius 2 is 1.37 bits per heavy atom. The summed E-state index contributed by atoms with van der Waals surface area (Å²) in [6.45, 7) is 16.1. The summed E-state index contributed by atoms with van der Waals surface area (Å²) in [5.41, 5.74) is 19.0. The largest absolute Gasteiger partial charge is 0.446 e. The van der Waals surface area contributed by atoms with Crippen molar-refractivity contribution >= 4 is 70.5 Å². The number of hydrazone groups is 1. The third kappa shape index (κ3) is 22.0. The van der Waals surface area contributed by atoms with Crippen molar-refractivity contribution in [3.8, 4) is 0 Å². The lowest BCUT2D eigenvalue weighted by atomic mass is 9.47. The predicted octanol–water partition coefficient (Wildman–Crippen LogP) is 6.87. The van der Waals surface area contributed by atoms with Crippen molar-refractivity contribution in [3.63, 3.8) is 0 Å². The molecule has 2 heterocycles. The molecule has 101 heavy (non-hydrogen) atoms. The molecule has 9 amide bonds. The number of carbonyl (C=O) groups excluding carboxylic acids is 9. The maximum absolute atomic E-state index is 14.5. The van der Waals surface area contributed by atoms with Crippen LogP contribution in [-0.2, 0) is 62.4 Å². The first-order chi connectivity index (χ1) is 48.5. The van der Waals surface area contributed by atoms with E-state index in [9.17, 15) is 43.2 Å². The summed E-state index contributed by atoms with van der Waals surface area (Å²) < 4.78 is 5.98. The molecular formula is C76H113N15O10. The molecule has 0 radical (unpaired) electrons. The van der Waals surface area contributed by atoms with Gasteiger partial charge in [-0.05, 0) is 154 Å². The minimum atomic E-state index is -1.34. The van der Waals surface area contributed by atoms with Gasteiger partial charge in [-0.25, -0.2) is 9.78 Å². The van der Waals surface area contributed by atoms with Crippen LogP contribution in [0.15, 0.2) is 90.1 Å². The van der Waals surface area contributed by atoms with Crippen molar-refractivity contribution in [1.82, 2.24) is 62.9 Å². The maximum Gasteiger partial charge on any atom is 0.407 e. The van der Waals surface area contributed by atoms with Crippen LogP contribution in [0.25, 0.3) is 10.9 Å². The molecule has 2 aromatic heterocycles. The van der Waals surface area contributed by atoms with Gasteiger partial charge in [0.1, 0.15) is 55.1 Å². The van der Waals surface area contributed by atoms with E-state index in [0.29, 0.717) is 67.8 Å². The Bertz CT molecular complexity index is 3470. The Morgan fingerprint density at radius 3 is 2.10 bits per heavy atom. The molecule has 0 saturated heterocycles. The minimum absolute atomic E-state index is 0.0299. The van der Waals surface area contributed by atoms with Crippen LogP contribution in [0.3, 0.4) is 0 Å². The topological polar surface area (TPSA) is 380 Å². The highest BCUT2D eigenvalue weighted by atomic mass is 16.6. The molecule has 0 bridgehead atoms. The van der Waals surface area contributed by atoms with Crippen LogP contribution in [0.2, 0.25) is 0 Å². The summed E-state index contributed by atoms with van der Waals surface area (Å²) in [5.74, 6) is -0.943. The first kappa shape index (κ1) is 78.1. The fraction of sp³-hybridized carbons (Fsp3) is 0.618. The average molecular weight is 1400 g/mol. The number of imidazole rings is 1. The van der Waals surface area contributed by atoms with Crippen molar-refractivity contribution in [1.29, 1.82) is 0 Å². The fourth-order valence-electron chi connectivity index (χ4n) is 16.5. The molecule has 3 saturated carbocycles. The third-order valence-electron chi connectivity index (χ3n) is 22.1. The van der Waals surface area contributed by atoms with Crippen molar-refractivity contribution in [3.05, 3.63) is 102 Å². The first-order valence-corrected chi connectivity index (χ1v) is 37.0. The summed E-state index contributed by atoms with van der Waals surface area (Å²) in [5, 5.41) is 26.7. The zero-order valence-electron chi connectivity index (χ0n) is 60.4. The number of amides is 9. The molecule has 3 fully saturated rings. The number of H-pyrrole nitrogens is 2. The van der Waals surface area contributed by atoms with Gasteiger partial charge in [-0.1, -0.05) is 134 Å². The third-order valence-corrected chi connectivity index (χ3v) is 22.1.